The minimum absolute atomic E-state index is 0.00153. The molecule has 0 bridgehead atoms. The Labute approximate surface area is 277 Å². The first-order valence-corrected chi connectivity index (χ1v) is 17.0. The SMILES string of the molecule is Cc1ccc(-c2ccc(C(=O)N3CC[C@@H](C(=O)N4CCC(O)(Cn5cnc6c(ccn6C)c5=O)CC4)[C@H](c4ccccc4)C3)s2)cc1. The van der Waals surface area contributed by atoms with Crippen LogP contribution < -0.4 is 5.56 Å². The molecule has 9 nitrogen and oxygen atoms in total. The number of aromatic nitrogens is 3. The van der Waals surface area contributed by atoms with Gasteiger partial charge in [-0.1, -0.05) is 60.2 Å². The molecule has 0 radical (unpaired) electrons. The van der Waals surface area contributed by atoms with Gasteiger partial charge in [0.1, 0.15) is 12.0 Å². The molecule has 242 valence electrons. The van der Waals surface area contributed by atoms with Crippen LogP contribution in [0.1, 0.15) is 46.0 Å². The van der Waals surface area contributed by atoms with E-state index in [2.05, 4.69) is 36.2 Å². The highest BCUT2D eigenvalue weighted by Gasteiger charge is 2.42. The molecule has 7 rings (SSSR count). The van der Waals surface area contributed by atoms with Crippen molar-refractivity contribution in [1.29, 1.82) is 0 Å². The van der Waals surface area contributed by atoms with Crippen LogP contribution in [0.5, 0.6) is 0 Å². The average molecular weight is 650 g/mol. The maximum atomic E-state index is 14.1. The van der Waals surface area contributed by atoms with Gasteiger partial charge in [0.2, 0.25) is 5.91 Å². The first kappa shape index (κ1) is 31.1. The largest absolute Gasteiger partial charge is 0.388 e. The summed E-state index contributed by atoms with van der Waals surface area (Å²) in [6, 6.07) is 24.0. The lowest BCUT2D eigenvalue weighted by molar-refractivity contribution is -0.142. The summed E-state index contributed by atoms with van der Waals surface area (Å²) in [5.41, 5.74) is 2.66. The number of piperidine rings is 2. The van der Waals surface area contributed by atoms with E-state index in [0.29, 0.717) is 61.4 Å². The Morgan fingerprint density at radius 3 is 2.45 bits per heavy atom. The second-order valence-electron chi connectivity index (χ2n) is 13.1. The van der Waals surface area contributed by atoms with Gasteiger partial charge in [0.15, 0.2) is 0 Å². The zero-order valence-electron chi connectivity index (χ0n) is 26.7. The molecular formula is C37H39N5O4S. The van der Waals surface area contributed by atoms with Crippen molar-refractivity contribution < 1.29 is 14.7 Å². The molecule has 2 fully saturated rings. The number of thiophene rings is 1. The molecule has 0 spiro atoms. The van der Waals surface area contributed by atoms with E-state index in [0.717, 1.165) is 16.0 Å². The summed E-state index contributed by atoms with van der Waals surface area (Å²) in [5.74, 6) is -0.343. The van der Waals surface area contributed by atoms with E-state index >= 15 is 0 Å². The van der Waals surface area contributed by atoms with E-state index in [9.17, 15) is 19.5 Å². The van der Waals surface area contributed by atoms with Gasteiger partial charge in [0.25, 0.3) is 11.5 Å². The van der Waals surface area contributed by atoms with Crippen molar-refractivity contribution in [3.8, 4) is 10.4 Å². The van der Waals surface area contributed by atoms with Crippen LogP contribution >= 0.6 is 11.3 Å². The molecule has 2 atom stereocenters. The molecule has 5 heterocycles. The van der Waals surface area contributed by atoms with Crippen LogP contribution in [-0.4, -0.2) is 72.6 Å². The number of fused-ring (bicyclic) bond motifs is 1. The topological polar surface area (TPSA) is 101 Å². The zero-order valence-corrected chi connectivity index (χ0v) is 27.5. The first-order chi connectivity index (χ1) is 22.7. The third kappa shape index (κ3) is 6.15. The number of nitrogens with zero attached hydrogens (tertiary/aromatic N) is 5. The molecule has 2 aliphatic heterocycles. The number of carbonyl (C=O) groups excluding carboxylic acids is 2. The normalized spacial score (nSPS) is 19.6. The monoisotopic (exact) mass is 649 g/mol. The Bertz CT molecular complexity index is 1970. The summed E-state index contributed by atoms with van der Waals surface area (Å²) in [7, 11) is 1.84. The van der Waals surface area contributed by atoms with Crippen molar-refractivity contribution in [3.63, 3.8) is 0 Å². The summed E-state index contributed by atoms with van der Waals surface area (Å²) < 4.78 is 3.28. The molecule has 0 unspecified atom stereocenters. The van der Waals surface area contributed by atoms with Crippen LogP contribution in [0.15, 0.2) is 90.1 Å². The Hall–Kier alpha value is -4.54. The molecule has 1 N–H and O–H groups in total. The van der Waals surface area contributed by atoms with Crippen LogP contribution in [0.25, 0.3) is 21.5 Å². The number of rotatable bonds is 6. The van der Waals surface area contributed by atoms with Crippen molar-refractivity contribution in [2.45, 2.75) is 44.2 Å². The van der Waals surface area contributed by atoms with Gasteiger partial charge in [-0.25, -0.2) is 4.98 Å². The summed E-state index contributed by atoms with van der Waals surface area (Å²) >= 11 is 1.51. The van der Waals surface area contributed by atoms with E-state index in [4.69, 9.17) is 0 Å². The Morgan fingerprint density at radius 1 is 0.957 bits per heavy atom. The second-order valence-corrected chi connectivity index (χ2v) is 14.2. The summed E-state index contributed by atoms with van der Waals surface area (Å²) in [6.45, 7) is 3.97. The molecule has 47 heavy (non-hydrogen) atoms. The highest BCUT2D eigenvalue weighted by molar-refractivity contribution is 7.17. The molecule has 5 aromatic rings. The number of carbonyl (C=O) groups is 2. The molecule has 3 aromatic heterocycles. The maximum Gasteiger partial charge on any atom is 0.263 e. The quantitative estimate of drug-likeness (QED) is 0.277. The molecule has 2 saturated heterocycles. The molecule has 0 aliphatic carbocycles. The van der Waals surface area contributed by atoms with E-state index in [1.807, 2.05) is 59.3 Å². The molecule has 2 aromatic carbocycles. The predicted molar refractivity (Wildman–Crippen MR) is 183 cm³/mol. The fourth-order valence-corrected chi connectivity index (χ4v) is 8.08. The van der Waals surface area contributed by atoms with E-state index in [-0.39, 0.29) is 35.8 Å². The van der Waals surface area contributed by atoms with Crippen molar-refractivity contribution in [3.05, 3.63) is 112 Å². The average Bonchev–Trinajstić information content (AvgIpc) is 3.74. The fraction of sp³-hybridized carbons (Fsp3) is 0.351. The van der Waals surface area contributed by atoms with Crippen molar-refractivity contribution in [1.82, 2.24) is 23.9 Å². The second kappa shape index (κ2) is 12.6. The lowest BCUT2D eigenvalue weighted by atomic mass is 9.79. The summed E-state index contributed by atoms with van der Waals surface area (Å²) in [5, 5.41) is 12.0. The van der Waals surface area contributed by atoms with E-state index in [1.54, 1.807) is 16.8 Å². The van der Waals surface area contributed by atoms with Crippen LogP contribution in [0.4, 0.5) is 0 Å². The summed E-state index contributed by atoms with van der Waals surface area (Å²) in [6.07, 6.45) is 4.61. The number of hydrogen-bond donors (Lipinski definition) is 1. The van der Waals surface area contributed by atoms with Gasteiger partial charge >= 0.3 is 0 Å². The van der Waals surface area contributed by atoms with Crippen molar-refractivity contribution >= 4 is 34.2 Å². The van der Waals surface area contributed by atoms with Crippen molar-refractivity contribution in [2.24, 2.45) is 13.0 Å². The standard InChI is InChI=1S/C37H39N5O4S/c1-25-8-10-27(11-9-25)31-12-13-32(47-31)36(45)41-19-15-28(30(22-41)26-6-4-3-5-7-26)34(43)40-20-16-37(46,17-21-40)23-42-24-38-33-29(35(42)44)14-18-39(33)2/h3-14,18,24,28,30,46H,15-17,19-23H2,1-2H3/t28-,30+/m1/s1. The molecule has 2 amide bonds. The van der Waals surface area contributed by atoms with E-state index < -0.39 is 5.60 Å². The molecule has 0 saturated carbocycles. The minimum atomic E-state index is -1.11. The van der Waals surface area contributed by atoms with Crippen LogP contribution in [0.2, 0.25) is 0 Å². The predicted octanol–water partition coefficient (Wildman–Crippen LogP) is 5.07. The van der Waals surface area contributed by atoms with Gasteiger partial charge in [-0.05, 0) is 55.5 Å². The summed E-state index contributed by atoms with van der Waals surface area (Å²) in [4.78, 5) is 50.9. The lowest BCUT2D eigenvalue weighted by Gasteiger charge is -2.43. The van der Waals surface area contributed by atoms with Gasteiger partial charge in [0.05, 0.1) is 22.4 Å². The van der Waals surface area contributed by atoms with E-state index in [1.165, 1.54) is 27.8 Å². The number of benzene rings is 2. The molecular weight excluding hydrogens is 611 g/mol. The first-order valence-electron chi connectivity index (χ1n) is 16.2. The Morgan fingerprint density at radius 2 is 1.70 bits per heavy atom. The van der Waals surface area contributed by atoms with Gasteiger partial charge in [-0.15, -0.1) is 11.3 Å². The number of hydrogen-bond acceptors (Lipinski definition) is 6. The highest BCUT2D eigenvalue weighted by atomic mass is 32.1. The number of aryl methyl sites for hydroxylation is 2. The van der Waals surface area contributed by atoms with Crippen LogP contribution in [0.3, 0.4) is 0 Å². The third-order valence-corrected chi connectivity index (χ3v) is 11.0. The van der Waals surface area contributed by atoms with Gasteiger partial charge in [0, 0.05) is 56.1 Å². The zero-order chi connectivity index (χ0) is 32.7. The van der Waals surface area contributed by atoms with Crippen LogP contribution in [0, 0.1) is 12.8 Å². The van der Waals surface area contributed by atoms with Crippen molar-refractivity contribution in [2.75, 3.05) is 26.2 Å². The molecule has 2 aliphatic rings. The molecule has 10 heteroatoms. The number of likely N-dealkylation sites (tertiary alicyclic amines) is 2. The Balaban J connectivity index is 1.04. The maximum absolute atomic E-state index is 14.1. The highest BCUT2D eigenvalue weighted by Crippen LogP contribution is 2.37. The lowest BCUT2D eigenvalue weighted by Crippen LogP contribution is -2.53. The number of amides is 2. The third-order valence-electron chi connectivity index (χ3n) is 9.92. The van der Waals surface area contributed by atoms with Gasteiger partial charge in [-0.2, -0.15) is 0 Å². The Kier molecular flexibility index (Phi) is 8.32. The van der Waals surface area contributed by atoms with Crippen LogP contribution in [-0.2, 0) is 18.4 Å². The van der Waals surface area contributed by atoms with Gasteiger partial charge in [-0.3, -0.25) is 19.0 Å². The smallest absolute Gasteiger partial charge is 0.263 e. The van der Waals surface area contributed by atoms with Gasteiger partial charge < -0.3 is 19.5 Å². The number of aliphatic hydroxyl groups is 1. The fourth-order valence-electron chi connectivity index (χ4n) is 7.10. The minimum Gasteiger partial charge on any atom is -0.388 e.